The highest BCUT2D eigenvalue weighted by molar-refractivity contribution is 7.10. The van der Waals surface area contributed by atoms with Crippen LogP contribution in [0.25, 0.3) is 0 Å². The number of thiophene rings is 1. The molecule has 24 heavy (non-hydrogen) atoms. The van der Waals surface area contributed by atoms with Gasteiger partial charge in [-0.2, -0.15) is 0 Å². The second-order valence-corrected chi connectivity index (χ2v) is 7.46. The molecule has 0 radical (unpaired) electrons. The van der Waals surface area contributed by atoms with Gasteiger partial charge in [0.05, 0.1) is 12.5 Å². The molecule has 0 unspecified atom stereocenters. The molecule has 3 heterocycles. The monoisotopic (exact) mass is 351 g/mol. The van der Waals surface area contributed by atoms with Crippen molar-refractivity contribution >= 4 is 23.2 Å². The normalized spacial score (nSPS) is 25.5. The van der Waals surface area contributed by atoms with Crippen molar-refractivity contribution in [3.8, 4) is 0 Å². The third-order valence-corrected chi connectivity index (χ3v) is 5.70. The molecule has 2 N–H and O–H groups in total. The molecule has 7 heteroatoms. The average molecular weight is 351 g/mol. The minimum absolute atomic E-state index is 0.0302. The van der Waals surface area contributed by atoms with E-state index in [1.165, 1.54) is 0 Å². The van der Waals surface area contributed by atoms with Gasteiger partial charge in [-0.1, -0.05) is 6.07 Å². The van der Waals surface area contributed by atoms with Gasteiger partial charge in [0.2, 0.25) is 11.8 Å². The van der Waals surface area contributed by atoms with Gasteiger partial charge in [-0.25, -0.2) is 0 Å². The fourth-order valence-electron chi connectivity index (χ4n) is 3.66. The second-order valence-electron chi connectivity index (χ2n) is 6.43. The SMILES string of the molecule is CNC(=O)[C@@H]1C[C@@H](NC(=O)Cc2cccs2)CN1C1CCOCC1. The first-order chi connectivity index (χ1) is 11.7. The first-order valence-electron chi connectivity index (χ1n) is 8.54. The van der Waals surface area contributed by atoms with Gasteiger partial charge < -0.3 is 15.4 Å². The standard InChI is InChI=1S/C17H25N3O3S/c1-18-17(22)15-9-12(11-20(15)13-4-6-23-7-5-13)19-16(21)10-14-3-2-8-24-14/h2-3,8,12-13,15H,4-7,9-11H2,1H3,(H,18,22)(H,19,21)/t12-,15+/m1/s1. The van der Waals surface area contributed by atoms with Crippen LogP contribution >= 0.6 is 11.3 Å². The Hall–Kier alpha value is -1.44. The quantitative estimate of drug-likeness (QED) is 0.822. The van der Waals surface area contributed by atoms with Crippen molar-refractivity contribution < 1.29 is 14.3 Å². The van der Waals surface area contributed by atoms with Crippen LogP contribution in [-0.2, 0) is 20.7 Å². The summed E-state index contributed by atoms with van der Waals surface area (Å²) in [6.07, 6.45) is 2.98. The minimum atomic E-state index is -0.162. The summed E-state index contributed by atoms with van der Waals surface area (Å²) in [6, 6.07) is 4.16. The fraction of sp³-hybridized carbons (Fsp3) is 0.647. The van der Waals surface area contributed by atoms with E-state index >= 15 is 0 Å². The summed E-state index contributed by atoms with van der Waals surface area (Å²) in [6.45, 7) is 2.23. The van der Waals surface area contributed by atoms with Gasteiger partial charge in [0.1, 0.15) is 0 Å². The van der Waals surface area contributed by atoms with Crippen LogP contribution < -0.4 is 10.6 Å². The summed E-state index contributed by atoms with van der Waals surface area (Å²) in [5.41, 5.74) is 0. The van der Waals surface area contributed by atoms with E-state index in [1.807, 2.05) is 17.5 Å². The van der Waals surface area contributed by atoms with Crippen molar-refractivity contribution in [2.75, 3.05) is 26.8 Å². The highest BCUT2D eigenvalue weighted by atomic mass is 32.1. The van der Waals surface area contributed by atoms with Crippen LogP contribution in [0, 0.1) is 0 Å². The zero-order valence-electron chi connectivity index (χ0n) is 14.0. The lowest BCUT2D eigenvalue weighted by Crippen LogP contribution is -2.48. The van der Waals surface area contributed by atoms with Crippen LogP contribution in [0.3, 0.4) is 0 Å². The average Bonchev–Trinajstić information content (AvgIpc) is 3.24. The van der Waals surface area contributed by atoms with Crippen molar-refractivity contribution in [3.63, 3.8) is 0 Å². The molecule has 2 atom stereocenters. The Labute approximate surface area is 146 Å². The smallest absolute Gasteiger partial charge is 0.237 e. The van der Waals surface area contributed by atoms with E-state index < -0.39 is 0 Å². The van der Waals surface area contributed by atoms with Crippen molar-refractivity contribution in [1.82, 2.24) is 15.5 Å². The third-order valence-electron chi connectivity index (χ3n) is 4.83. The summed E-state index contributed by atoms with van der Waals surface area (Å²) in [4.78, 5) is 27.8. The summed E-state index contributed by atoms with van der Waals surface area (Å²) >= 11 is 1.59. The predicted molar refractivity (Wildman–Crippen MR) is 93.0 cm³/mol. The van der Waals surface area contributed by atoms with E-state index in [1.54, 1.807) is 18.4 Å². The number of likely N-dealkylation sites (tertiary alicyclic amines) is 1. The molecule has 0 spiro atoms. The molecule has 2 aliphatic rings. The number of carbonyl (C=O) groups is 2. The molecule has 0 bridgehead atoms. The zero-order valence-corrected chi connectivity index (χ0v) is 14.8. The number of ether oxygens (including phenoxy) is 1. The van der Waals surface area contributed by atoms with Gasteiger partial charge in [-0.05, 0) is 30.7 Å². The highest BCUT2D eigenvalue weighted by Gasteiger charge is 2.40. The third kappa shape index (κ3) is 4.15. The molecule has 2 amide bonds. The van der Waals surface area contributed by atoms with E-state index in [4.69, 9.17) is 4.74 Å². The maximum atomic E-state index is 12.3. The van der Waals surface area contributed by atoms with Gasteiger partial charge in [0, 0.05) is 43.8 Å². The Morgan fingerprint density at radius 3 is 2.83 bits per heavy atom. The zero-order chi connectivity index (χ0) is 16.9. The van der Waals surface area contributed by atoms with Crippen LogP contribution in [0.4, 0.5) is 0 Å². The lowest BCUT2D eigenvalue weighted by molar-refractivity contribution is -0.126. The Kier molecular flexibility index (Phi) is 5.86. The first-order valence-corrected chi connectivity index (χ1v) is 9.42. The number of hydrogen-bond donors (Lipinski definition) is 2. The molecule has 6 nitrogen and oxygen atoms in total. The maximum Gasteiger partial charge on any atom is 0.237 e. The lowest BCUT2D eigenvalue weighted by atomic mass is 10.1. The highest BCUT2D eigenvalue weighted by Crippen LogP contribution is 2.26. The molecule has 2 fully saturated rings. The molecular weight excluding hydrogens is 326 g/mol. The van der Waals surface area contributed by atoms with Crippen molar-refractivity contribution in [2.45, 2.75) is 43.8 Å². The molecule has 2 saturated heterocycles. The van der Waals surface area contributed by atoms with Gasteiger partial charge in [0.15, 0.2) is 0 Å². The minimum Gasteiger partial charge on any atom is -0.381 e. The fourth-order valence-corrected chi connectivity index (χ4v) is 4.36. The van der Waals surface area contributed by atoms with Gasteiger partial charge in [0.25, 0.3) is 0 Å². The topological polar surface area (TPSA) is 70.7 Å². The number of likely N-dealkylation sites (N-methyl/N-ethyl adjacent to an activating group) is 1. The number of nitrogens with zero attached hydrogens (tertiary/aromatic N) is 1. The largest absolute Gasteiger partial charge is 0.381 e. The molecule has 0 aliphatic carbocycles. The number of amides is 2. The van der Waals surface area contributed by atoms with E-state index in [0.29, 0.717) is 18.9 Å². The summed E-state index contributed by atoms with van der Waals surface area (Å²) in [7, 11) is 1.67. The van der Waals surface area contributed by atoms with Crippen LogP contribution in [-0.4, -0.2) is 61.6 Å². The summed E-state index contributed by atoms with van der Waals surface area (Å²) in [5.74, 6) is 0.0726. The Bertz CT molecular complexity index is 557. The summed E-state index contributed by atoms with van der Waals surface area (Å²) in [5, 5.41) is 7.85. The van der Waals surface area contributed by atoms with Crippen LogP contribution in [0.15, 0.2) is 17.5 Å². The summed E-state index contributed by atoms with van der Waals surface area (Å²) < 4.78 is 5.44. The molecule has 0 saturated carbocycles. The molecule has 1 aromatic heterocycles. The lowest BCUT2D eigenvalue weighted by Gasteiger charge is -2.34. The van der Waals surface area contributed by atoms with Crippen LogP contribution in [0.5, 0.6) is 0 Å². The molecule has 0 aromatic carbocycles. The van der Waals surface area contributed by atoms with E-state index in [-0.39, 0.29) is 23.9 Å². The van der Waals surface area contributed by atoms with Crippen molar-refractivity contribution in [2.24, 2.45) is 0 Å². The van der Waals surface area contributed by atoms with Crippen LogP contribution in [0.2, 0.25) is 0 Å². The molecule has 2 aliphatic heterocycles. The van der Waals surface area contributed by atoms with Crippen LogP contribution in [0.1, 0.15) is 24.1 Å². The van der Waals surface area contributed by atoms with E-state index in [0.717, 1.165) is 37.5 Å². The van der Waals surface area contributed by atoms with E-state index in [9.17, 15) is 9.59 Å². The molecule has 3 rings (SSSR count). The second kappa shape index (κ2) is 8.09. The molecular formula is C17H25N3O3S. The molecule has 1 aromatic rings. The number of carbonyl (C=O) groups excluding carboxylic acids is 2. The van der Waals surface area contributed by atoms with Crippen molar-refractivity contribution in [3.05, 3.63) is 22.4 Å². The van der Waals surface area contributed by atoms with Gasteiger partial charge in [-0.3, -0.25) is 14.5 Å². The number of rotatable bonds is 5. The Morgan fingerprint density at radius 1 is 1.38 bits per heavy atom. The Morgan fingerprint density at radius 2 is 2.17 bits per heavy atom. The predicted octanol–water partition coefficient (Wildman–Crippen LogP) is 0.775. The Balaban J connectivity index is 1.60. The molecule has 132 valence electrons. The number of hydrogen-bond acceptors (Lipinski definition) is 5. The van der Waals surface area contributed by atoms with E-state index in [2.05, 4.69) is 15.5 Å². The van der Waals surface area contributed by atoms with Gasteiger partial charge >= 0.3 is 0 Å². The van der Waals surface area contributed by atoms with Crippen molar-refractivity contribution in [1.29, 1.82) is 0 Å². The van der Waals surface area contributed by atoms with Gasteiger partial charge in [-0.15, -0.1) is 11.3 Å². The number of nitrogens with one attached hydrogen (secondary N) is 2. The maximum absolute atomic E-state index is 12.3. The first kappa shape index (κ1) is 17.4.